The third-order valence-electron chi connectivity index (χ3n) is 6.55. The maximum atomic E-state index is 13.8. The molecule has 0 spiro atoms. The number of fused-ring (bicyclic) bond motifs is 1. The van der Waals surface area contributed by atoms with E-state index in [4.69, 9.17) is 11.6 Å². The van der Waals surface area contributed by atoms with Crippen LogP contribution in [0.1, 0.15) is 59.8 Å². The summed E-state index contributed by atoms with van der Waals surface area (Å²) in [6, 6.07) is 16.1. The van der Waals surface area contributed by atoms with E-state index in [1.165, 1.54) is 16.2 Å². The third kappa shape index (κ3) is 5.04. The molecule has 1 amide bonds. The first-order valence-electron chi connectivity index (χ1n) is 12.6. The lowest BCUT2D eigenvalue weighted by atomic mass is 9.94. The number of Topliss-reactive ketones (excluding diaryl/α,β-unsaturated/α-hetero) is 2. The number of nitrogens with one attached hydrogen (secondary N) is 1. The zero-order chi connectivity index (χ0) is 27.0. The van der Waals surface area contributed by atoms with Gasteiger partial charge in [0, 0.05) is 28.4 Å². The van der Waals surface area contributed by atoms with Crippen LogP contribution >= 0.6 is 11.6 Å². The average Bonchev–Trinajstić information content (AvgIpc) is 3.62. The molecule has 5 rings (SSSR count). The molecule has 9 heteroatoms. The number of carbonyl (C=O) groups is 3. The lowest BCUT2D eigenvalue weighted by Gasteiger charge is -2.19. The van der Waals surface area contributed by atoms with Crippen LogP contribution in [0.25, 0.3) is 21.9 Å². The fourth-order valence-electron chi connectivity index (χ4n) is 4.64. The first-order chi connectivity index (χ1) is 18.3. The van der Waals surface area contributed by atoms with Crippen LogP contribution < -0.4 is 10.9 Å². The Labute approximate surface area is 224 Å². The summed E-state index contributed by atoms with van der Waals surface area (Å²) >= 11 is 6.33. The molecule has 0 unspecified atom stereocenters. The first-order valence-corrected chi connectivity index (χ1v) is 13.0. The van der Waals surface area contributed by atoms with Crippen molar-refractivity contribution < 1.29 is 14.4 Å². The van der Waals surface area contributed by atoms with E-state index >= 15 is 0 Å². The molecule has 194 valence electrons. The van der Waals surface area contributed by atoms with E-state index < -0.39 is 0 Å². The van der Waals surface area contributed by atoms with Crippen molar-refractivity contribution in [3.63, 3.8) is 0 Å². The number of nitrogens with zero attached hydrogens (tertiary/aromatic N) is 3. The van der Waals surface area contributed by atoms with E-state index in [0.29, 0.717) is 27.1 Å². The number of ketones is 2. The molecule has 1 saturated carbocycles. The van der Waals surface area contributed by atoms with E-state index in [1.807, 2.05) is 30.3 Å². The Balaban J connectivity index is 1.72. The molecule has 1 aliphatic rings. The summed E-state index contributed by atoms with van der Waals surface area (Å²) in [4.78, 5) is 52.0. The van der Waals surface area contributed by atoms with E-state index in [1.54, 1.807) is 31.2 Å². The van der Waals surface area contributed by atoms with Gasteiger partial charge < -0.3 is 5.32 Å². The van der Waals surface area contributed by atoms with Gasteiger partial charge in [-0.2, -0.15) is 5.10 Å². The zero-order valence-electron chi connectivity index (χ0n) is 21.2. The summed E-state index contributed by atoms with van der Waals surface area (Å²) in [5.41, 5.74) is 1.92. The second kappa shape index (κ2) is 10.4. The quantitative estimate of drug-likeness (QED) is 0.317. The number of amides is 1. The average molecular weight is 531 g/mol. The van der Waals surface area contributed by atoms with Crippen LogP contribution in [0.15, 0.2) is 59.4 Å². The molecule has 0 atom stereocenters. The molecule has 2 heterocycles. The smallest absolute Gasteiger partial charge is 0.269 e. The van der Waals surface area contributed by atoms with Crippen molar-refractivity contribution in [2.45, 2.75) is 52.2 Å². The molecule has 2 aromatic heterocycles. The Hall–Kier alpha value is -4.04. The van der Waals surface area contributed by atoms with Gasteiger partial charge in [-0.05, 0) is 55.0 Å². The Morgan fingerprint density at radius 1 is 1.05 bits per heavy atom. The Morgan fingerprint density at radius 3 is 2.45 bits per heavy atom. The molecule has 0 aliphatic heterocycles. The molecule has 0 bridgehead atoms. The van der Waals surface area contributed by atoms with E-state index in [2.05, 4.69) is 10.4 Å². The molecular formula is C29H27ClN4O4. The SMILES string of the molecule is CCC(=O)c1c(-c2ccccc2)c2cc(Cl)ccc2c(=O)n1Cc1cc(C(=O)NC2CC2)n(CC(C)=O)n1. The number of benzene rings is 2. The third-order valence-corrected chi connectivity index (χ3v) is 6.78. The number of aromatic nitrogens is 3. The molecule has 8 nitrogen and oxygen atoms in total. The fourth-order valence-corrected chi connectivity index (χ4v) is 4.81. The van der Waals surface area contributed by atoms with Gasteiger partial charge in [-0.1, -0.05) is 48.9 Å². The number of hydrogen-bond donors (Lipinski definition) is 1. The van der Waals surface area contributed by atoms with Crippen LogP contribution in [0.2, 0.25) is 5.02 Å². The largest absolute Gasteiger partial charge is 0.348 e. The van der Waals surface area contributed by atoms with Crippen LogP contribution in [-0.2, 0) is 17.9 Å². The Morgan fingerprint density at radius 2 is 1.79 bits per heavy atom. The molecular weight excluding hydrogens is 504 g/mol. The van der Waals surface area contributed by atoms with Gasteiger partial charge in [-0.25, -0.2) is 0 Å². The predicted molar refractivity (Wildman–Crippen MR) is 146 cm³/mol. The molecule has 1 fully saturated rings. The number of pyridine rings is 1. The van der Waals surface area contributed by atoms with Crippen molar-refractivity contribution in [3.8, 4) is 11.1 Å². The summed E-state index contributed by atoms with van der Waals surface area (Å²) in [5.74, 6) is -0.686. The molecule has 2 aromatic carbocycles. The Bertz CT molecular complexity index is 1630. The van der Waals surface area contributed by atoms with Gasteiger partial charge in [0.05, 0.1) is 17.9 Å². The summed E-state index contributed by atoms with van der Waals surface area (Å²) < 4.78 is 2.79. The minimum Gasteiger partial charge on any atom is -0.348 e. The van der Waals surface area contributed by atoms with Gasteiger partial charge >= 0.3 is 0 Å². The summed E-state index contributed by atoms with van der Waals surface area (Å²) in [7, 11) is 0. The van der Waals surface area contributed by atoms with E-state index in [0.717, 1.165) is 18.4 Å². The second-order valence-electron chi connectivity index (χ2n) is 9.58. The molecule has 1 N–H and O–H groups in total. The highest BCUT2D eigenvalue weighted by atomic mass is 35.5. The number of carbonyl (C=O) groups excluding carboxylic acids is 3. The Kier molecular flexibility index (Phi) is 6.99. The standard InChI is InChI=1S/C29H27ClN4O4/c1-3-25(36)27-26(18-7-5-4-6-8-18)23-13-19(30)9-12-22(23)29(38)33(27)16-21-14-24(28(37)31-20-10-11-20)34(32-21)15-17(2)35/h4-9,12-14,20H,3,10-11,15-16H2,1-2H3,(H,31,37). The highest BCUT2D eigenvalue weighted by Gasteiger charge is 2.27. The first kappa shape index (κ1) is 25.6. The van der Waals surface area contributed by atoms with Crippen LogP contribution in [-0.4, -0.2) is 37.9 Å². The van der Waals surface area contributed by atoms with Crippen molar-refractivity contribution in [2.75, 3.05) is 0 Å². The van der Waals surface area contributed by atoms with Crippen LogP contribution in [0.5, 0.6) is 0 Å². The molecule has 1 aliphatic carbocycles. The van der Waals surface area contributed by atoms with Crippen LogP contribution in [0.4, 0.5) is 0 Å². The van der Waals surface area contributed by atoms with Crippen molar-refractivity contribution in [2.24, 2.45) is 0 Å². The van der Waals surface area contributed by atoms with Crippen molar-refractivity contribution >= 4 is 39.8 Å². The van der Waals surface area contributed by atoms with Gasteiger partial charge in [0.2, 0.25) is 0 Å². The van der Waals surface area contributed by atoms with Crippen molar-refractivity contribution in [1.82, 2.24) is 19.7 Å². The molecule has 0 radical (unpaired) electrons. The minimum absolute atomic E-state index is 0.0487. The van der Waals surface area contributed by atoms with E-state index in [-0.39, 0.29) is 60.0 Å². The molecule has 38 heavy (non-hydrogen) atoms. The van der Waals surface area contributed by atoms with Crippen LogP contribution in [0.3, 0.4) is 0 Å². The topological polar surface area (TPSA) is 103 Å². The number of halogens is 1. The minimum atomic E-state index is -0.363. The lowest BCUT2D eigenvalue weighted by Crippen LogP contribution is -2.28. The predicted octanol–water partition coefficient (Wildman–Crippen LogP) is 4.64. The van der Waals surface area contributed by atoms with E-state index in [9.17, 15) is 19.2 Å². The highest BCUT2D eigenvalue weighted by molar-refractivity contribution is 6.31. The second-order valence-corrected chi connectivity index (χ2v) is 10.0. The number of hydrogen-bond acceptors (Lipinski definition) is 5. The van der Waals surface area contributed by atoms with Gasteiger partial charge in [-0.3, -0.25) is 28.4 Å². The number of rotatable bonds is 9. The van der Waals surface area contributed by atoms with Gasteiger partial charge in [0.15, 0.2) is 11.6 Å². The molecule has 0 saturated heterocycles. The summed E-state index contributed by atoms with van der Waals surface area (Å²) in [6.45, 7) is 3.05. The summed E-state index contributed by atoms with van der Waals surface area (Å²) in [5, 5.41) is 8.88. The van der Waals surface area contributed by atoms with Crippen molar-refractivity contribution in [1.29, 1.82) is 0 Å². The highest BCUT2D eigenvalue weighted by Crippen LogP contribution is 2.33. The maximum Gasteiger partial charge on any atom is 0.269 e. The zero-order valence-corrected chi connectivity index (χ0v) is 21.9. The van der Waals surface area contributed by atoms with Gasteiger partial charge in [-0.15, -0.1) is 0 Å². The summed E-state index contributed by atoms with van der Waals surface area (Å²) in [6.07, 6.45) is 2.01. The van der Waals surface area contributed by atoms with Crippen molar-refractivity contribution in [3.05, 3.63) is 87.1 Å². The normalized spacial score (nSPS) is 13.0. The van der Waals surface area contributed by atoms with Gasteiger partial charge in [0.1, 0.15) is 12.2 Å². The molecule has 4 aromatic rings. The fraction of sp³-hybridized carbons (Fsp3) is 0.276. The monoisotopic (exact) mass is 530 g/mol. The van der Waals surface area contributed by atoms with Gasteiger partial charge in [0.25, 0.3) is 11.5 Å². The van der Waals surface area contributed by atoms with Crippen LogP contribution in [0, 0.1) is 0 Å². The lowest BCUT2D eigenvalue weighted by molar-refractivity contribution is -0.117. The maximum absolute atomic E-state index is 13.8.